The van der Waals surface area contributed by atoms with Crippen LogP contribution in [0, 0.1) is 11.8 Å². The van der Waals surface area contributed by atoms with Gasteiger partial charge in [-0.25, -0.2) is 0 Å². The molecule has 24 heavy (non-hydrogen) atoms. The number of hydrogen-bond acceptors (Lipinski definition) is 4. The molecule has 0 aromatic carbocycles. The molecule has 1 aliphatic carbocycles. The summed E-state index contributed by atoms with van der Waals surface area (Å²) >= 11 is -2.70. The number of likely N-dealkylation sites (tertiary alicyclic amines) is 1. The molecule has 1 fully saturated rings. The fraction of sp³-hybridized carbons (Fsp3) is 0.471. The molecule has 5 nitrogen and oxygen atoms in total. The first-order valence-corrected chi connectivity index (χ1v) is 15.9. The third kappa shape index (κ3) is 3.02. The molecule has 0 aromatic rings. The van der Waals surface area contributed by atoms with Crippen LogP contribution in [0.25, 0.3) is 0 Å². The Hall–Kier alpha value is -0.923. The average Bonchev–Trinajstić information content (AvgIpc) is 3.02. The summed E-state index contributed by atoms with van der Waals surface area (Å²) in [4.78, 5) is 26.4. The van der Waals surface area contributed by atoms with E-state index in [0.717, 1.165) is 0 Å². The van der Waals surface area contributed by atoms with E-state index in [2.05, 4.69) is 33.9 Å². The number of carbonyl (C=O) groups excluding carboxylic acids is 2. The van der Waals surface area contributed by atoms with Gasteiger partial charge in [-0.3, -0.25) is 0 Å². The quantitative estimate of drug-likeness (QED) is 0.484. The van der Waals surface area contributed by atoms with Crippen LogP contribution < -0.4 is 0 Å². The Bertz CT molecular complexity index is 673. The molecular weight excluding hydrogens is 423 g/mol. The van der Waals surface area contributed by atoms with Crippen molar-refractivity contribution in [3.63, 3.8) is 0 Å². The molecular formula is C17H23InN2O3Si. The third-order valence-electron chi connectivity index (χ3n) is 5.27. The van der Waals surface area contributed by atoms with Crippen molar-refractivity contribution in [1.82, 2.24) is 4.90 Å². The molecule has 1 saturated heterocycles. The van der Waals surface area contributed by atoms with Gasteiger partial charge in [0.1, 0.15) is 0 Å². The van der Waals surface area contributed by atoms with Crippen LogP contribution in [0.3, 0.4) is 0 Å². The Labute approximate surface area is 152 Å². The van der Waals surface area contributed by atoms with Crippen molar-refractivity contribution in [3.05, 3.63) is 34.2 Å². The number of allylic oxidation sites excluding steroid dienone is 2. The van der Waals surface area contributed by atoms with Gasteiger partial charge >= 0.3 is 153 Å². The molecule has 0 bridgehead atoms. The van der Waals surface area contributed by atoms with E-state index in [1.165, 1.54) is 4.90 Å². The van der Waals surface area contributed by atoms with Gasteiger partial charge in [-0.2, -0.15) is 0 Å². The standard InChI is InChI=1S/C11H8N2O2.C6H15OSi.In/c1-2-9(12)13-10(14)7-5-3-4-6-8(7)11(13)15;1-6(2,3)8(4,5)7;/h1-8H;1-5H3;/q2*-1;+2. The van der Waals surface area contributed by atoms with Crippen LogP contribution in [-0.2, 0) is 12.1 Å². The fourth-order valence-corrected chi connectivity index (χ4v) is 15.7. The van der Waals surface area contributed by atoms with Gasteiger partial charge < -0.3 is 0 Å². The van der Waals surface area contributed by atoms with Crippen LogP contribution >= 0.6 is 0 Å². The van der Waals surface area contributed by atoms with Crippen LogP contribution in [0.4, 0.5) is 0 Å². The van der Waals surface area contributed by atoms with Crippen molar-refractivity contribution in [2.45, 2.75) is 38.9 Å². The molecule has 2 atom stereocenters. The third-order valence-corrected chi connectivity index (χ3v) is 19.8. The van der Waals surface area contributed by atoms with Gasteiger partial charge in [0, 0.05) is 0 Å². The normalized spacial score (nSPS) is 26.5. The second kappa shape index (κ2) is 6.11. The Kier molecular flexibility index (Phi) is 4.55. The number of hydrogen-bond donors (Lipinski definition) is 0. The van der Waals surface area contributed by atoms with Crippen LogP contribution in [0.1, 0.15) is 20.8 Å². The van der Waals surface area contributed by atoms with Crippen LogP contribution in [0.5, 0.6) is 0 Å². The number of amides is 2. The van der Waals surface area contributed by atoms with Gasteiger partial charge in [-0.05, 0) is 0 Å². The molecule has 3 aliphatic rings. The van der Waals surface area contributed by atoms with Crippen molar-refractivity contribution >= 4 is 48.1 Å². The first-order chi connectivity index (χ1) is 11.1. The molecule has 7 heteroatoms. The fourth-order valence-electron chi connectivity index (χ4n) is 2.77. The zero-order chi connectivity index (χ0) is 17.7. The van der Waals surface area contributed by atoms with E-state index in [-0.39, 0.29) is 28.7 Å². The Morgan fingerprint density at radius 1 is 1.12 bits per heavy atom. The minimum atomic E-state index is -2.70. The molecule has 2 heterocycles. The summed E-state index contributed by atoms with van der Waals surface area (Å²) in [6, 6.07) is 0. The molecule has 0 saturated carbocycles. The summed E-state index contributed by atoms with van der Waals surface area (Å²) in [5.41, 5.74) is 0. The molecule has 0 aromatic heterocycles. The summed E-state index contributed by atoms with van der Waals surface area (Å²) in [5, 5.41) is 0.125. The van der Waals surface area contributed by atoms with Crippen molar-refractivity contribution < 1.29 is 12.1 Å². The van der Waals surface area contributed by atoms with Gasteiger partial charge in [0.15, 0.2) is 0 Å². The molecule has 3 rings (SSSR count). The Morgan fingerprint density at radius 3 is 2.17 bits per heavy atom. The molecule has 2 amide bonds. The van der Waals surface area contributed by atoms with Gasteiger partial charge in [0.25, 0.3) is 0 Å². The molecule has 0 radical (unpaired) electrons. The SMILES string of the molecule is CC(C)(C)[Si](C)(C)[O][In]1[CH]=CC(N2C(=O)C3C=CC=CC3C2=O)=[N]1. The molecule has 2 aliphatic heterocycles. The minimum absolute atomic E-state index is 0.125. The summed E-state index contributed by atoms with van der Waals surface area (Å²) < 4.78 is 13.2. The van der Waals surface area contributed by atoms with Gasteiger partial charge in [-0.15, -0.1) is 0 Å². The predicted octanol–water partition coefficient (Wildman–Crippen LogP) is 2.73. The van der Waals surface area contributed by atoms with E-state index >= 15 is 0 Å². The van der Waals surface area contributed by atoms with E-state index in [1.54, 1.807) is 12.2 Å². The topological polar surface area (TPSA) is 59.0 Å². The van der Waals surface area contributed by atoms with E-state index in [9.17, 15) is 9.59 Å². The number of rotatable bonds is 2. The van der Waals surface area contributed by atoms with Crippen LogP contribution in [0.15, 0.2) is 37.2 Å². The molecule has 0 spiro atoms. The van der Waals surface area contributed by atoms with E-state index in [4.69, 9.17) is 5.52 Å². The summed E-state index contributed by atoms with van der Waals surface area (Å²) in [5.74, 6) is -0.620. The van der Waals surface area contributed by atoms with E-state index in [1.807, 2.05) is 22.1 Å². The van der Waals surface area contributed by atoms with Gasteiger partial charge in [-0.1, -0.05) is 0 Å². The number of amidine groups is 1. The van der Waals surface area contributed by atoms with Gasteiger partial charge in [0.2, 0.25) is 0 Å². The first-order valence-electron chi connectivity index (χ1n) is 8.28. The maximum atomic E-state index is 12.6. The van der Waals surface area contributed by atoms with Gasteiger partial charge in [0.05, 0.1) is 0 Å². The molecule has 0 N–H and O–H groups in total. The number of fused-ring (bicyclic) bond motifs is 1. The van der Waals surface area contributed by atoms with Crippen molar-refractivity contribution in [1.29, 1.82) is 0 Å². The summed E-state index contributed by atoms with van der Waals surface area (Å²) in [6.45, 7) is 11.0. The predicted molar refractivity (Wildman–Crippen MR) is 97.7 cm³/mol. The summed E-state index contributed by atoms with van der Waals surface area (Å²) in [7, 11) is -1.88. The zero-order valence-corrected chi connectivity index (χ0v) is 19.1. The van der Waals surface area contributed by atoms with E-state index in [0.29, 0.717) is 5.84 Å². The Balaban J connectivity index is 1.79. The van der Waals surface area contributed by atoms with Crippen LogP contribution in [0.2, 0.25) is 18.1 Å². The molecule has 2 unspecified atom stereocenters. The maximum absolute atomic E-state index is 12.6. The summed E-state index contributed by atoms with van der Waals surface area (Å²) in [6.07, 6.45) is 9.07. The van der Waals surface area contributed by atoms with Crippen molar-refractivity contribution in [2.24, 2.45) is 14.8 Å². The second-order valence-electron chi connectivity index (χ2n) is 7.95. The average molecular weight is 446 g/mol. The van der Waals surface area contributed by atoms with E-state index < -0.39 is 30.5 Å². The van der Waals surface area contributed by atoms with Crippen molar-refractivity contribution in [3.8, 4) is 0 Å². The number of carbonyl (C=O) groups is 2. The van der Waals surface area contributed by atoms with Crippen molar-refractivity contribution in [2.75, 3.05) is 0 Å². The monoisotopic (exact) mass is 446 g/mol. The Morgan fingerprint density at radius 2 is 1.67 bits per heavy atom. The zero-order valence-electron chi connectivity index (χ0n) is 14.8. The van der Waals surface area contributed by atoms with Crippen LogP contribution in [-0.4, -0.2) is 53.0 Å². The number of nitrogens with zero attached hydrogens (tertiary/aromatic N) is 2. The molecule has 126 valence electrons. The first kappa shape index (κ1) is 17.9. The number of imide groups is 1. The second-order valence-corrected chi connectivity index (χ2v) is 18.8.